The molecule has 2 heterocycles. The fourth-order valence-electron chi connectivity index (χ4n) is 3.62. The molecule has 1 atom stereocenters. The Morgan fingerprint density at radius 1 is 1.18 bits per heavy atom. The van der Waals surface area contributed by atoms with Crippen molar-refractivity contribution >= 4 is 23.6 Å². The van der Waals surface area contributed by atoms with Crippen LogP contribution in [-0.4, -0.2) is 67.7 Å². The lowest BCUT2D eigenvalue weighted by molar-refractivity contribution is -0.918. The van der Waals surface area contributed by atoms with Crippen molar-refractivity contribution in [2.45, 2.75) is 38.8 Å². The summed E-state index contributed by atoms with van der Waals surface area (Å²) >= 11 is 0. The molecule has 0 bridgehead atoms. The number of imide groups is 1. The minimum atomic E-state index is -0.536. The maximum atomic E-state index is 13.0. The van der Waals surface area contributed by atoms with Gasteiger partial charge in [0.1, 0.15) is 11.4 Å². The molecule has 2 saturated heterocycles. The summed E-state index contributed by atoms with van der Waals surface area (Å²) in [5.74, 6) is 0.198. The molecule has 2 aliphatic heterocycles. The van der Waals surface area contributed by atoms with Crippen molar-refractivity contribution < 1.29 is 28.8 Å². The van der Waals surface area contributed by atoms with E-state index in [1.54, 1.807) is 36.3 Å². The lowest BCUT2D eigenvalue weighted by Gasteiger charge is -2.35. The van der Waals surface area contributed by atoms with Crippen LogP contribution in [0.2, 0.25) is 0 Å². The maximum absolute atomic E-state index is 13.0. The molecule has 3 rings (SSSR count). The standard InChI is InChI=1S/C20H27N3O5/c1-20(2,3)28-19(26)22-10-8-21(9-11-22)16-13-17(24)23(18(16)25)14-6-5-7-15(12-14)27-4/h5-7,12,16H,8-11,13H2,1-4H3/p+1/t16-/m0/s1. The number of nitrogens with zero attached hydrogens (tertiary/aromatic N) is 2. The van der Waals surface area contributed by atoms with Crippen molar-refractivity contribution in [2.24, 2.45) is 0 Å². The Morgan fingerprint density at radius 3 is 2.46 bits per heavy atom. The van der Waals surface area contributed by atoms with Gasteiger partial charge in [-0.2, -0.15) is 0 Å². The van der Waals surface area contributed by atoms with E-state index in [0.717, 1.165) is 4.90 Å². The minimum absolute atomic E-state index is 0.178. The third kappa shape index (κ3) is 4.27. The van der Waals surface area contributed by atoms with E-state index >= 15 is 0 Å². The average Bonchev–Trinajstić information content (AvgIpc) is 2.94. The van der Waals surface area contributed by atoms with Gasteiger partial charge in [0.15, 0.2) is 6.04 Å². The molecule has 2 aliphatic rings. The first-order chi connectivity index (χ1) is 13.2. The van der Waals surface area contributed by atoms with Crippen LogP contribution in [0.3, 0.4) is 0 Å². The van der Waals surface area contributed by atoms with Crippen LogP contribution in [0.4, 0.5) is 10.5 Å². The van der Waals surface area contributed by atoms with E-state index in [1.807, 2.05) is 20.8 Å². The molecular formula is C20H28N3O5+. The number of carbonyl (C=O) groups excluding carboxylic acids is 3. The van der Waals surface area contributed by atoms with Gasteiger partial charge in [-0.1, -0.05) is 6.07 Å². The number of benzene rings is 1. The third-order valence-electron chi connectivity index (χ3n) is 5.01. The predicted molar refractivity (Wildman–Crippen MR) is 102 cm³/mol. The molecule has 0 aromatic heterocycles. The number of rotatable bonds is 3. The maximum Gasteiger partial charge on any atom is 0.410 e. The molecule has 3 amide bonds. The number of hydrogen-bond acceptors (Lipinski definition) is 5. The topological polar surface area (TPSA) is 80.6 Å². The second-order valence-corrected chi connectivity index (χ2v) is 8.15. The van der Waals surface area contributed by atoms with Crippen LogP contribution in [0.5, 0.6) is 5.75 Å². The van der Waals surface area contributed by atoms with Crippen molar-refractivity contribution in [3.8, 4) is 5.75 Å². The molecule has 2 fully saturated rings. The highest BCUT2D eigenvalue weighted by atomic mass is 16.6. The molecule has 0 saturated carbocycles. The molecule has 0 radical (unpaired) electrons. The van der Waals surface area contributed by atoms with Gasteiger partial charge in [-0.25, -0.2) is 9.69 Å². The summed E-state index contributed by atoms with van der Waals surface area (Å²) in [7, 11) is 1.55. The molecular weight excluding hydrogens is 362 g/mol. The van der Waals surface area contributed by atoms with Gasteiger partial charge in [0.25, 0.3) is 5.91 Å². The first-order valence-corrected chi connectivity index (χ1v) is 9.53. The lowest BCUT2D eigenvalue weighted by atomic mass is 10.1. The number of anilines is 1. The van der Waals surface area contributed by atoms with E-state index in [-0.39, 0.29) is 24.3 Å². The van der Waals surface area contributed by atoms with Gasteiger partial charge in [-0.05, 0) is 32.9 Å². The molecule has 0 spiro atoms. The van der Waals surface area contributed by atoms with Gasteiger partial charge in [0.2, 0.25) is 5.91 Å². The summed E-state index contributed by atoms with van der Waals surface area (Å²) in [6.45, 7) is 7.72. The summed E-state index contributed by atoms with van der Waals surface area (Å²) in [6.07, 6.45) is -0.156. The SMILES string of the molecule is COc1cccc(N2C(=O)C[C@H]([NH+]3CCN(C(=O)OC(C)(C)C)CC3)C2=O)c1. The molecule has 1 aromatic rings. The molecule has 0 aliphatic carbocycles. The quantitative estimate of drug-likeness (QED) is 0.759. The summed E-state index contributed by atoms with van der Waals surface area (Å²) in [6, 6.07) is 6.53. The van der Waals surface area contributed by atoms with Crippen LogP contribution >= 0.6 is 0 Å². The van der Waals surface area contributed by atoms with Crippen LogP contribution in [-0.2, 0) is 14.3 Å². The molecule has 0 unspecified atom stereocenters. The summed E-state index contributed by atoms with van der Waals surface area (Å²) in [5.41, 5.74) is -0.00441. The van der Waals surface area contributed by atoms with E-state index in [2.05, 4.69) is 0 Å². The first-order valence-electron chi connectivity index (χ1n) is 9.53. The Morgan fingerprint density at radius 2 is 1.86 bits per heavy atom. The normalized spacial score (nSPS) is 21.2. The highest BCUT2D eigenvalue weighted by molar-refractivity contribution is 6.21. The Hall–Kier alpha value is -2.61. The van der Waals surface area contributed by atoms with Crippen LogP contribution < -0.4 is 14.5 Å². The zero-order valence-corrected chi connectivity index (χ0v) is 16.9. The molecule has 8 nitrogen and oxygen atoms in total. The largest absolute Gasteiger partial charge is 0.497 e. The van der Waals surface area contributed by atoms with E-state index in [0.29, 0.717) is 37.6 Å². The van der Waals surface area contributed by atoms with E-state index in [9.17, 15) is 14.4 Å². The van der Waals surface area contributed by atoms with E-state index in [4.69, 9.17) is 9.47 Å². The van der Waals surface area contributed by atoms with Crippen LogP contribution in [0.15, 0.2) is 24.3 Å². The molecule has 1 aromatic carbocycles. The number of piperazine rings is 1. The molecule has 8 heteroatoms. The van der Waals surface area contributed by atoms with Gasteiger partial charge < -0.3 is 14.4 Å². The fraction of sp³-hybridized carbons (Fsp3) is 0.550. The Kier molecular flexibility index (Phi) is 5.60. The molecule has 28 heavy (non-hydrogen) atoms. The van der Waals surface area contributed by atoms with Crippen molar-refractivity contribution in [2.75, 3.05) is 38.2 Å². The highest BCUT2D eigenvalue weighted by Crippen LogP contribution is 2.25. The number of amides is 3. The summed E-state index contributed by atoms with van der Waals surface area (Å²) in [5, 5.41) is 0. The van der Waals surface area contributed by atoms with Crippen molar-refractivity contribution in [3.63, 3.8) is 0 Å². The number of ether oxygens (including phenoxy) is 2. The highest BCUT2D eigenvalue weighted by Gasteiger charge is 2.46. The number of hydrogen-bond donors (Lipinski definition) is 1. The van der Waals surface area contributed by atoms with Gasteiger partial charge in [-0.15, -0.1) is 0 Å². The second kappa shape index (κ2) is 7.79. The zero-order chi connectivity index (χ0) is 20.5. The minimum Gasteiger partial charge on any atom is -0.497 e. The number of quaternary nitrogens is 1. The van der Waals surface area contributed by atoms with E-state index < -0.39 is 11.6 Å². The fourth-order valence-corrected chi connectivity index (χ4v) is 3.62. The Balaban J connectivity index is 1.64. The smallest absolute Gasteiger partial charge is 0.410 e. The average molecular weight is 390 g/mol. The summed E-state index contributed by atoms with van der Waals surface area (Å²) < 4.78 is 10.6. The Bertz CT molecular complexity index is 765. The zero-order valence-electron chi connectivity index (χ0n) is 16.9. The van der Waals surface area contributed by atoms with Crippen molar-refractivity contribution in [3.05, 3.63) is 24.3 Å². The van der Waals surface area contributed by atoms with Crippen molar-refractivity contribution in [1.29, 1.82) is 0 Å². The van der Waals surface area contributed by atoms with Crippen LogP contribution in [0, 0.1) is 0 Å². The van der Waals surface area contributed by atoms with Gasteiger partial charge in [-0.3, -0.25) is 14.5 Å². The predicted octanol–water partition coefficient (Wildman–Crippen LogP) is 0.463. The van der Waals surface area contributed by atoms with Gasteiger partial charge in [0.05, 0.1) is 45.4 Å². The summed E-state index contributed by atoms with van der Waals surface area (Å²) in [4.78, 5) is 41.6. The Labute approximate surface area is 165 Å². The first kappa shape index (κ1) is 20.1. The molecule has 1 N–H and O–H groups in total. The van der Waals surface area contributed by atoms with Crippen LogP contribution in [0.25, 0.3) is 0 Å². The van der Waals surface area contributed by atoms with Gasteiger partial charge >= 0.3 is 6.09 Å². The second-order valence-electron chi connectivity index (χ2n) is 8.15. The van der Waals surface area contributed by atoms with E-state index in [1.165, 1.54) is 4.90 Å². The molecule has 152 valence electrons. The number of carbonyl (C=O) groups is 3. The van der Waals surface area contributed by atoms with Gasteiger partial charge in [0, 0.05) is 6.07 Å². The lowest BCUT2D eigenvalue weighted by Crippen LogP contribution is -3.19. The van der Waals surface area contributed by atoms with Crippen LogP contribution in [0.1, 0.15) is 27.2 Å². The third-order valence-corrected chi connectivity index (χ3v) is 5.01. The van der Waals surface area contributed by atoms with Crippen molar-refractivity contribution in [1.82, 2.24) is 4.90 Å². The number of methoxy groups -OCH3 is 1. The monoisotopic (exact) mass is 390 g/mol. The number of nitrogens with one attached hydrogen (secondary N) is 1.